The minimum absolute atomic E-state index is 0.0425. The number of ether oxygens (including phenoxy) is 3. The summed E-state index contributed by atoms with van der Waals surface area (Å²) in [6.07, 6.45) is -4.70. The highest BCUT2D eigenvalue weighted by Crippen LogP contribution is 2.35. The normalized spacial score (nSPS) is 11.5. The fourth-order valence-corrected chi connectivity index (χ4v) is 3.41. The van der Waals surface area contributed by atoms with Crippen LogP contribution in [-0.4, -0.2) is 33.3 Å². The number of hydrogen-bond donors (Lipinski definition) is 1. The number of halogens is 3. The van der Waals surface area contributed by atoms with Crippen molar-refractivity contribution in [3.63, 3.8) is 0 Å². The predicted octanol–water partition coefficient (Wildman–Crippen LogP) is 4.73. The summed E-state index contributed by atoms with van der Waals surface area (Å²) >= 11 is 0. The van der Waals surface area contributed by atoms with E-state index in [1.807, 2.05) is 0 Å². The molecule has 0 saturated heterocycles. The van der Waals surface area contributed by atoms with E-state index in [1.165, 1.54) is 14.2 Å². The molecule has 0 aliphatic heterocycles. The maximum Gasteiger partial charge on any atom is 0.416 e. The quantitative estimate of drug-likeness (QED) is 0.353. The third-order valence-corrected chi connectivity index (χ3v) is 5.22. The molecule has 1 heterocycles. The second kappa shape index (κ2) is 10.6. The average molecular weight is 479 g/mol. The Hall–Kier alpha value is -3.53. The van der Waals surface area contributed by atoms with E-state index in [9.17, 15) is 22.8 Å². The SMILES string of the molecule is COCCOc1ccc(C(F)(F)F)cc1NC(=O)CCc1c(C)c2ccc(OC)cc2oc1=O. The third-order valence-electron chi connectivity index (χ3n) is 5.22. The van der Waals surface area contributed by atoms with E-state index < -0.39 is 23.3 Å². The molecule has 0 aliphatic carbocycles. The molecule has 34 heavy (non-hydrogen) atoms. The zero-order chi connectivity index (χ0) is 24.9. The fraction of sp³-hybridized carbons (Fsp3) is 0.333. The molecule has 0 saturated carbocycles. The number of benzene rings is 2. The Morgan fingerprint density at radius 1 is 1.09 bits per heavy atom. The van der Waals surface area contributed by atoms with Crippen LogP contribution in [0.4, 0.5) is 18.9 Å². The Morgan fingerprint density at radius 3 is 2.53 bits per heavy atom. The van der Waals surface area contributed by atoms with Crippen LogP contribution in [0.2, 0.25) is 0 Å². The molecule has 0 unspecified atom stereocenters. The van der Waals surface area contributed by atoms with Crippen molar-refractivity contribution in [1.82, 2.24) is 0 Å². The van der Waals surface area contributed by atoms with E-state index in [1.54, 1.807) is 25.1 Å². The highest BCUT2D eigenvalue weighted by molar-refractivity contribution is 5.92. The Kier molecular flexibility index (Phi) is 7.83. The number of amides is 1. The number of hydrogen-bond acceptors (Lipinski definition) is 6. The van der Waals surface area contributed by atoms with Crippen molar-refractivity contribution < 1.29 is 36.6 Å². The minimum atomic E-state index is -4.59. The first-order valence-corrected chi connectivity index (χ1v) is 10.4. The molecule has 10 heteroatoms. The summed E-state index contributed by atoms with van der Waals surface area (Å²) in [6.45, 7) is 2.05. The zero-order valence-corrected chi connectivity index (χ0v) is 18.9. The van der Waals surface area contributed by atoms with Gasteiger partial charge in [-0.25, -0.2) is 4.79 Å². The van der Waals surface area contributed by atoms with Gasteiger partial charge in [-0.15, -0.1) is 0 Å². The fourth-order valence-electron chi connectivity index (χ4n) is 3.41. The highest BCUT2D eigenvalue weighted by Gasteiger charge is 2.31. The first-order valence-electron chi connectivity index (χ1n) is 10.4. The Labute approximate surface area is 193 Å². The topological polar surface area (TPSA) is 87.0 Å². The van der Waals surface area contributed by atoms with Crippen LogP contribution in [0.5, 0.6) is 11.5 Å². The second-order valence-corrected chi connectivity index (χ2v) is 7.45. The van der Waals surface area contributed by atoms with Crippen LogP contribution in [0.25, 0.3) is 11.0 Å². The first kappa shape index (κ1) is 25.1. The summed E-state index contributed by atoms with van der Waals surface area (Å²) in [4.78, 5) is 25.1. The zero-order valence-electron chi connectivity index (χ0n) is 18.9. The van der Waals surface area contributed by atoms with Gasteiger partial charge in [0, 0.05) is 30.5 Å². The summed E-state index contributed by atoms with van der Waals surface area (Å²) in [5.74, 6) is 0.0325. The van der Waals surface area contributed by atoms with Crippen LogP contribution in [0.3, 0.4) is 0 Å². The summed E-state index contributed by atoms with van der Waals surface area (Å²) in [7, 11) is 2.96. The van der Waals surface area contributed by atoms with Crippen molar-refractivity contribution in [2.45, 2.75) is 25.9 Å². The number of alkyl halides is 3. The van der Waals surface area contributed by atoms with Gasteiger partial charge in [0.25, 0.3) is 0 Å². The smallest absolute Gasteiger partial charge is 0.416 e. The lowest BCUT2D eigenvalue weighted by Crippen LogP contribution is -2.18. The number of nitrogens with one attached hydrogen (secondary N) is 1. The van der Waals surface area contributed by atoms with Crippen LogP contribution in [-0.2, 0) is 22.1 Å². The van der Waals surface area contributed by atoms with E-state index in [0.29, 0.717) is 27.8 Å². The number of carbonyl (C=O) groups excluding carboxylic acids is 1. The minimum Gasteiger partial charge on any atom is -0.497 e. The van der Waals surface area contributed by atoms with Crippen LogP contribution in [0, 0.1) is 6.92 Å². The molecule has 2 aromatic carbocycles. The molecule has 0 aliphatic rings. The molecular formula is C24H24F3NO6. The van der Waals surface area contributed by atoms with Gasteiger partial charge in [-0.05, 0) is 49.2 Å². The molecule has 0 fully saturated rings. The lowest BCUT2D eigenvalue weighted by atomic mass is 10.0. The predicted molar refractivity (Wildman–Crippen MR) is 120 cm³/mol. The molecule has 0 bridgehead atoms. The Balaban J connectivity index is 1.79. The molecule has 3 aromatic rings. The largest absolute Gasteiger partial charge is 0.497 e. The van der Waals surface area contributed by atoms with Crippen molar-refractivity contribution in [2.75, 3.05) is 32.8 Å². The molecule has 7 nitrogen and oxygen atoms in total. The van der Waals surface area contributed by atoms with Crippen LogP contribution in [0.15, 0.2) is 45.6 Å². The molecule has 0 spiro atoms. The summed E-state index contributed by atoms with van der Waals surface area (Å²) in [5.41, 5.74) is -0.308. The van der Waals surface area contributed by atoms with Gasteiger partial charge in [0.15, 0.2) is 0 Å². The standard InChI is InChI=1S/C24H24F3NO6/c1-14-17-6-5-16(32-3)13-21(17)34-23(30)18(14)7-9-22(29)28-19-12-15(24(25,26)27)4-8-20(19)33-11-10-31-2/h4-6,8,12-13H,7,9-11H2,1-3H3,(H,28,29). The van der Waals surface area contributed by atoms with Gasteiger partial charge in [0.1, 0.15) is 23.7 Å². The van der Waals surface area contributed by atoms with Crippen molar-refractivity contribution in [3.8, 4) is 11.5 Å². The van der Waals surface area contributed by atoms with E-state index >= 15 is 0 Å². The van der Waals surface area contributed by atoms with E-state index in [-0.39, 0.29) is 37.5 Å². The van der Waals surface area contributed by atoms with E-state index in [0.717, 1.165) is 18.2 Å². The summed E-state index contributed by atoms with van der Waals surface area (Å²) in [5, 5.41) is 3.15. The van der Waals surface area contributed by atoms with Crippen LogP contribution < -0.4 is 20.4 Å². The average Bonchev–Trinajstić information content (AvgIpc) is 2.78. The number of fused-ring (bicyclic) bond motifs is 1. The van der Waals surface area contributed by atoms with Crippen molar-refractivity contribution in [2.24, 2.45) is 0 Å². The van der Waals surface area contributed by atoms with E-state index in [2.05, 4.69) is 5.32 Å². The maximum absolute atomic E-state index is 13.2. The van der Waals surface area contributed by atoms with Crippen molar-refractivity contribution >= 4 is 22.6 Å². The number of rotatable bonds is 9. The molecule has 1 aromatic heterocycles. The molecule has 3 rings (SSSR count). The second-order valence-electron chi connectivity index (χ2n) is 7.45. The molecule has 1 amide bonds. The van der Waals surface area contributed by atoms with Crippen molar-refractivity contribution in [1.29, 1.82) is 0 Å². The Bertz CT molecular complexity index is 1240. The van der Waals surface area contributed by atoms with Crippen LogP contribution in [0.1, 0.15) is 23.1 Å². The summed E-state index contributed by atoms with van der Waals surface area (Å²) in [6, 6.07) is 7.90. The Morgan fingerprint density at radius 2 is 1.85 bits per heavy atom. The number of aryl methyl sites for hydroxylation is 1. The van der Waals surface area contributed by atoms with Crippen LogP contribution >= 0.6 is 0 Å². The van der Waals surface area contributed by atoms with Gasteiger partial charge in [-0.1, -0.05) is 0 Å². The monoisotopic (exact) mass is 479 g/mol. The third kappa shape index (κ3) is 5.88. The first-order chi connectivity index (χ1) is 16.1. The van der Waals surface area contributed by atoms with E-state index in [4.69, 9.17) is 18.6 Å². The van der Waals surface area contributed by atoms with Gasteiger partial charge in [0.05, 0.1) is 25.0 Å². The maximum atomic E-state index is 13.2. The molecular weight excluding hydrogens is 455 g/mol. The van der Waals surface area contributed by atoms with Gasteiger partial charge >= 0.3 is 11.8 Å². The lowest BCUT2D eigenvalue weighted by molar-refractivity contribution is -0.137. The number of anilines is 1. The molecule has 182 valence electrons. The highest BCUT2D eigenvalue weighted by atomic mass is 19.4. The van der Waals surface area contributed by atoms with Gasteiger partial charge in [0.2, 0.25) is 5.91 Å². The van der Waals surface area contributed by atoms with Crippen molar-refractivity contribution in [3.05, 3.63) is 63.5 Å². The summed E-state index contributed by atoms with van der Waals surface area (Å²) < 4.78 is 60.3. The molecule has 0 atom stereocenters. The van der Waals surface area contributed by atoms with Gasteiger partial charge < -0.3 is 23.9 Å². The number of carbonyl (C=O) groups is 1. The van der Waals surface area contributed by atoms with Gasteiger partial charge in [-0.3, -0.25) is 4.79 Å². The number of methoxy groups -OCH3 is 2. The molecule has 0 radical (unpaired) electrons. The lowest BCUT2D eigenvalue weighted by Gasteiger charge is -2.15. The molecule has 1 N–H and O–H groups in total. The van der Waals surface area contributed by atoms with Gasteiger partial charge in [-0.2, -0.15) is 13.2 Å².